The summed E-state index contributed by atoms with van der Waals surface area (Å²) in [6, 6.07) is 6.30. The van der Waals surface area contributed by atoms with Gasteiger partial charge < -0.3 is 16.0 Å². The minimum atomic E-state index is -0.0188. The third-order valence-electron chi connectivity index (χ3n) is 3.16. The Bertz CT molecular complexity index is 325. The van der Waals surface area contributed by atoms with Crippen LogP contribution < -0.4 is 11.1 Å². The van der Waals surface area contributed by atoms with Gasteiger partial charge in [-0.05, 0) is 38.1 Å². The zero-order valence-corrected chi connectivity index (χ0v) is 11.5. The zero-order chi connectivity index (χ0) is 12.8. The van der Waals surface area contributed by atoms with E-state index >= 15 is 0 Å². The van der Waals surface area contributed by atoms with Gasteiger partial charge in [0.05, 0.1) is 6.17 Å². The highest BCUT2D eigenvalue weighted by Crippen LogP contribution is 2.19. The molecular weight excluding hydrogens is 210 g/mol. The quantitative estimate of drug-likeness (QED) is 0.744. The highest BCUT2D eigenvalue weighted by Gasteiger charge is 2.09. The first-order valence-electron chi connectivity index (χ1n) is 6.39. The summed E-state index contributed by atoms with van der Waals surface area (Å²) in [6.45, 7) is 11.5. The first-order chi connectivity index (χ1) is 8.08. The van der Waals surface area contributed by atoms with Gasteiger partial charge in [-0.25, -0.2) is 0 Å². The normalized spacial score (nSPS) is 12.8. The van der Waals surface area contributed by atoms with Crippen molar-refractivity contribution in [2.24, 2.45) is 5.73 Å². The van der Waals surface area contributed by atoms with Crippen molar-refractivity contribution in [3.63, 3.8) is 0 Å². The van der Waals surface area contributed by atoms with Crippen molar-refractivity contribution in [2.45, 2.75) is 33.9 Å². The molecule has 0 heterocycles. The zero-order valence-electron chi connectivity index (χ0n) is 11.5. The van der Waals surface area contributed by atoms with E-state index in [-0.39, 0.29) is 6.17 Å². The van der Waals surface area contributed by atoms with E-state index < -0.39 is 0 Å². The number of anilines is 1. The van der Waals surface area contributed by atoms with Gasteiger partial charge >= 0.3 is 0 Å². The molecule has 0 fully saturated rings. The summed E-state index contributed by atoms with van der Waals surface area (Å²) in [5, 5.41) is 3.41. The Morgan fingerprint density at radius 2 is 1.71 bits per heavy atom. The van der Waals surface area contributed by atoms with Gasteiger partial charge in [0.15, 0.2) is 0 Å². The SMILES string of the molecule is CCN(CC)CC(N)Nc1c(C)cccc1C. The molecule has 1 rings (SSSR count). The molecule has 96 valence electrons. The van der Waals surface area contributed by atoms with Gasteiger partial charge in [0.1, 0.15) is 0 Å². The van der Waals surface area contributed by atoms with Gasteiger partial charge in [0, 0.05) is 12.2 Å². The Morgan fingerprint density at radius 1 is 1.18 bits per heavy atom. The first kappa shape index (κ1) is 14.0. The Kier molecular flexibility index (Phi) is 5.45. The second kappa shape index (κ2) is 6.62. The van der Waals surface area contributed by atoms with Crippen molar-refractivity contribution in [3.05, 3.63) is 29.3 Å². The Labute approximate surface area is 105 Å². The fourth-order valence-electron chi connectivity index (χ4n) is 2.03. The lowest BCUT2D eigenvalue weighted by Gasteiger charge is -2.25. The molecule has 0 bridgehead atoms. The lowest BCUT2D eigenvalue weighted by Crippen LogP contribution is -2.42. The van der Waals surface area contributed by atoms with Crippen LogP contribution in [-0.2, 0) is 0 Å². The van der Waals surface area contributed by atoms with Crippen LogP contribution in [0.1, 0.15) is 25.0 Å². The van der Waals surface area contributed by atoms with E-state index in [4.69, 9.17) is 5.73 Å². The van der Waals surface area contributed by atoms with E-state index in [1.807, 2.05) is 0 Å². The largest absolute Gasteiger partial charge is 0.368 e. The first-order valence-corrected chi connectivity index (χ1v) is 6.39. The molecule has 3 nitrogen and oxygen atoms in total. The number of para-hydroxylation sites is 1. The van der Waals surface area contributed by atoms with Crippen LogP contribution in [0.25, 0.3) is 0 Å². The van der Waals surface area contributed by atoms with E-state index in [2.05, 4.69) is 56.1 Å². The van der Waals surface area contributed by atoms with E-state index in [1.165, 1.54) is 16.8 Å². The van der Waals surface area contributed by atoms with Crippen molar-refractivity contribution in [2.75, 3.05) is 25.0 Å². The number of rotatable bonds is 6. The van der Waals surface area contributed by atoms with Gasteiger partial charge in [0.25, 0.3) is 0 Å². The average Bonchev–Trinajstić information content (AvgIpc) is 2.31. The molecule has 0 aliphatic carbocycles. The summed E-state index contributed by atoms with van der Waals surface area (Å²) < 4.78 is 0. The smallest absolute Gasteiger partial charge is 0.0873 e. The predicted octanol–water partition coefficient (Wildman–Crippen LogP) is 2.34. The standard InChI is InChI=1S/C14H25N3/c1-5-17(6-2)10-13(15)16-14-11(3)8-7-9-12(14)4/h7-9,13,16H,5-6,10,15H2,1-4H3. The monoisotopic (exact) mass is 235 g/mol. The molecule has 3 N–H and O–H groups in total. The van der Waals surface area contributed by atoms with Gasteiger partial charge in [-0.3, -0.25) is 0 Å². The van der Waals surface area contributed by atoms with Crippen LogP contribution in [0.15, 0.2) is 18.2 Å². The molecular formula is C14H25N3. The lowest BCUT2D eigenvalue weighted by molar-refractivity contribution is 0.291. The topological polar surface area (TPSA) is 41.3 Å². The molecule has 1 aromatic carbocycles. The molecule has 1 aromatic rings. The Balaban J connectivity index is 2.64. The summed E-state index contributed by atoms with van der Waals surface area (Å²) in [7, 11) is 0. The fraction of sp³-hybridized carbons (Fsp3) is 0.571. The molecule has 1 atom stereocenters. The van der Waals surface area contributed by atoms with Gasteiger partial charge in [-0.15, -0.1) is 0 Å². The maximum absolute atomic E-state index is 6.14. The van der Waals surface area contributed by atoms with Crippen LogP contribution in [0.2, 0.25) is 0 Å². The van der Waals surface area contributed by atoms with E-state index in [1.54, 1.807) is 0 Å². The molecule has 0 aliphatic heterocycles. The van der Waals surface area contributed by atoms with Crippen molar-refractivity contribution >= 4 is 5.69 Å². The molecule has 0 aliphatic rings. The summed E-state index contributed by atoms with van der Waals surface area (Å²) in [6.07, 6.45) is -0.0188. The molecule has 3 heteroatoms. The highest BCUT2D eigenvalue weighted by atomic mass is 15.2. The van der Waals surface area contributed by atoms with E-state index in [0.717, 1.165) is 19.6 Å². The third-order valence-corrected chi connectivity index (χ3v) is 3.16. The predicted molar refractivity (Wildman–Crippen MR) is 75.3 cm³/mol. The van der Waals surface area contributed by atoms with Crippen molar-refractivity contribution in [3.8, 4) is 0 Å². The Hall–Kier alpha value is -1.06. The van der Waals surface area contributed by atoms with Crippen LogP contribution in [0.3, 0.4) is 0 Å². The minimum Gasteiger partial charge on any atom is -0.368 e. The summed E-state index contributed by atoms with van der Waals surface area (Å²) >= 11 is 0. The third kappa shape index (κ3) is 4.02. The second-order valence-electron chi connectivity index (χ2n) is 4.50. The van der Waals surface area contributed by atoms with Gasteiger partial charge in [-0.2, -0.15) is 0 Å². The summed E-state index contributed by atoms with van der Waals surface area (Å²) in [5.74, 6) is 0. The van der Waals surface area contributed by atoms with E-state index in [9.17, 15) is 0 Å². The van der Waals surface area contributed by atoms with Crippen molar-refractivity contribution in [1.29, 1.82) is 0 Å². The van der Waals surface area contributed by atoms with Gasteiger partial charge in [-0.1, -0.05) is 32.0 Å². The van der Waals surface area contributed by atoms with Gasteiger partial charge in [0.2, 0.25) is 0 Å². The molecule has 0 aromatic heterocycles. The summed E-state index contributed by atoms with van der Waals surface area (Å²) in [5.41, 5.74) is 9.82. The molecule has 0 amide bonds. The number of hydrogen-bond donors (Lipinski definition) is 2. The number of nitrogens with one attached hydrogen (secondary N) is 1. The van der Waals surface area contributed by atoms with Crippen LogP contribution in [0, 0.1) is 13.8 Å². The average molecular weight is 235 g/mol. The lowest BCUT2D eigenvalue weighted by atomic mass is 10.1. The molecule has 0 saturated carbocycles. The highest BCUT2D eigenvalue weighted by molar-refractivity contribution is 5.57. The number of aryl methyl sites for hydroxylation is 2. The number of nitrogens with zero attached hydrogens (tertiary/aromatic N) is 1. The molecule has 0 spiro atoms. The number of benzene rings is 1. The van der Waals surface area contributed by atoms with Crippen LogP contribution >= 0.6 is 0 Å². The number of hydrogen-bond acceptors (Lipinski definition) is 3. The van der Waals surface area contributed by atoms with Crippen LogP contribution in [-0.4, -0.2) is 30.7 Å². The van der Waals surface area contributed by atoms with Crippen LogP contribution in [0.5, 0.6) is 0 Å². The maximum atomic E-state index is 6.14. The molecule has 0 saturated heterocycles. The minimum absolute atomic E-state index is 0.0188. The summed E-state index contributed by atoms with van der Waals surface area (Å²) in [4.78, 5) is 2.32. The number of likely N-dealkylation sites (N-methyl/N-ethyl adjacent to an activating group) is 1. The fourth-order valence-corrected chi connectivity index (χ4v) is 2.03. The Morgan fingerprint density at radius 3 is 2.18 bits per heavy atom. The second-order valence-corrected chi connectivity index (χ2v) is 4.50. The van der Waals surface area contributed by atoms with E-state index in [0.29, 0.717) is 0 Å². The molecule has 1 unspecified atom stereocenters. The maximum Gasteiger partial charge on any atom is 0.0873 e. The van der Waals surface area contributed by atoms with Crippen molar-refractivity contribution < 1.29 is 0 Å². The van der Waals surface area contributed by atoms with Crippen molar-refractivity contribution in [1.82, 2.24) is 4.90 Å². The molecule has 17 heavy (non-hydrogen) atoms. The van der Waals surface area contributed by atoms with Crippen LogP contribution in [0.4, 0.5) is 5.69 Å². The number of nitrogens with two attached hydrogens (primary N) is 1. The molecule has 0 radical (unpaired) electrons.